The fraction of sp³-hybridized carbons (Fsp3) is 0.375. The van der Waals surface area contributed by atoms with Crippen LogP contribution in [0.25, 0.3) is 0 Å². The summed E-state index contributed by atoms with van der Waals surface area (Å²) in [6.07, 6.45) is 9.30. The monoisotopic (exact) mass is 422 g/mol. The summed E-state index contributed by atoms with van der Waals surface area (Å²) in [6, 6.07) is 10.7. The van der Waals surface area contributed by atoms with Gasteiger partial charge in [-0.25, -0.2) is 4.98 Å². The molecule has 0 spiro atoms. The molecule has 2 amide bonds. The number of rotatable bonds is 9. The van der Waals surface area contributed by atoms with Crippen molar-refractivity contribution in [1.29, 1.82) is 0 Å². The van der Waals surface area contributed by atoms with Gasteiger partial charge in [0, 0.05) is 32.4 Å². The maximum atomic E-state index is 12.4. The number of hydrogen-bond acceptors (Lipinski definition) is 5. The molecule has 0 atom stereocenters. The predicted molar refractivity (Wildman–Crippen MR) is 120 cm³/mol. The van der Waals surface area contributed by atoms with E-state index in [1.54, 1.807) is 30.5 Å². The Kier molecular flexibility index (Phi) is 8.60. The van der Waals surface area contributed by atoms with Crippen molar-refractivity contribution in [2.45, 2.75) is 25.8 Å². The van der Waals surface area contributed by atoms with E-state index in [4.69, 9.17) is 4.74 Å². The minimum absolute atomic E-state index is 0.287. The van der Waals surface area contributed by atoms with Gasteiger partial charge in [-0.15, -0.1) is 0 Å². The minimum Gasteiger partial charge on any atom is -0.473 e. The molecule has 1 fully saturated rings. The highest BCUT2D eigenvalue weighted by molar-refractivity contribution is 6.07. The molecule has 0 radical (unpaired) electrons. The van der Waals surface area contributed by atoms with Crippen molar-refractivity contribution in [2.24, 2.45) is 0 Å². The van der Waals surface area contributed by atoms with Crippen LogP contribution in [0.1, 0.15) is 45.5 Å². The van der Waals surface area contributed by atoms with Crippen LogP contribution in [0.3, 0.4) is 0 Å². The van der Waals surface area contributed by atoms with Crippen molar-refractivity contribution in [3.63, 3.8) is 0 Å². The number of hydrogen-bond donors (Lipinski definition) is 2. The van der Waals surface area contributed by atoms with Crippen LogP contribution in [0, 0.1) is 0 Å². The second-order valence-corrected chi connectivity index (χ2v) is 7.46. The molecule has 0 unspecified atom stereocenters. The molecule has 31 heavy (non-hydrogen) atoms. The molecule has 7 heteroatoms. The number of ether oxygens (including phenoxy) is 1. The molecule has 1 aliphatic rings. The van der Waals surface area contributed by atoms with Gasteiger partial charge in [0.1, 0.15) is 6.61 Å². The number of nitrogens with one attached hydrogen (secondary N) is 2. The van der Waals surface area contributed by atoms with Crippen LogP contribution in [-0.2, 0) is 6.54 Å². The standard InChI is InChI=1S/C24H30N4O3/c1-25-23(29)20-9-3-4-10-21(20)24(30)27-12-5-8-16-31-22-17-19(11-13-26-22)18-28-14-6-2-7-15-28/h3-5,8-11,13,17H,2,6-7,12,14-16,18H2,1H3,(H,25,29)(H,27,30)/b8-5-. The summed E-state index contributed by atoms with van der Waals surface area (Å²) in [6.45, 7) is 3.94. The number of benzene rings is 1. The van der Waals surface area contributed by atoms with Crippen LogP contribution in [0.2, 0.25) is 0 Å². The van der Waals surface area contributed by atoms with E-state index in [0.29, 0.717) is 30.2 Å². The lowest BCUT2D eigenvalue weighted by Crippen LogP contribution is -2.29. The third kappa shape index (κ3) is 6.93. The molecule has 3 rings (SSSR count). The summed E-state index contributed by atoms with van der Waals surface area (Å²) >= 11 is 0. The van der Waals surface area contributed by atoms with Crippen LogP contribution in [0.4, 0.5) is 0 Å². The molecular formula is C24H30N4O3. The molecule has 1 saturated heterocycles. The first kappa shape index (κ1) is 22.5. The Bertz CT molecular complexity index is 907. The lowest BCUT2D eigenvalue weighted by molar-refractivity contribution is 0.0926. The zero-order valence-electron chi connectivity index (χ0n) is 18.0. The SMILES string of the molecule is CNC(=O)c1ccccc1C(=O)NC/C=C\COc1cc(CN2CCCCC2)ccn1. The van der Waals surface area contributed by atoms with Gasteiger partial charge in [0.15, 0.2) is 0 Å². The first-order valence-electron chi connectivity index (χ1n) is 10.7. The number of carbonyl (C=O) groups excluding carboxylic acids is 2. The Morgan fingerprint density at radius 2 is 1.81 bits per heavy atom. The zero-order chi connectivity index (χ0) is 21.9. The number of amides is 2. The molecule has 164 valence electrons. The minimum atomic E-state index is -0.295. The van der Waals surface area contributed by atoms with Gasteiger partial charge >= 0.3 is 0 Å². The Morgan fingerprint density at radius 3 is 2.55 bits per heavy atom. The summed E-state index contributed by atoms with van der Waals surface area (Å²) in [5.74, 6) is 0.0178. The predicted octanol–water partition coefficient (Wildman–Crippen LogP) is 2.79. The average molecular weight is 423 g/mol. The van der Waals surface area contributed by atoms with E-state index in [-0.39, 0.29) is 11.8 Å². The summed E-state index contributed by atoms with van der Waals surface area (Å²) < 4.78 is 5.71. The quantitative estimate of drug-likeness (QED) is 0.607. The molecule has 1 aromatic heterocycles. The van der Waals surface area contributed by atoms with Gasteiger partial charge < -0.3 is 15.4 Å². The number of piperidine rings is 1. The van der Waals surface area contributed by atoms with E-state index >= 15 is 0 Å². The smallest absolute Gasteiger partial charge is 0.252 e. The fourth-order valence-corrected chi connectivity index (χ4v) is 3.55. The molecule has 7 nitrogen and oxygen atoms in total. The van der Waals surface area contributed by atoms with Crippen LogP contribution in [-0.4, -0.2) is 55.0 Å². The van der Waals surface area contributed by atoms with Gasteiger partial charge in [-0.05, 0) is 55.8 Å². The Balaban J connectivity index is 1.42. The van der Waals surface area contributed by atoms with Gasteiger partial charge in [0.05, 0.1) is 11.1 Å². The van der Waals surface area contributed by atoms with Gasteiger partial charge in [-0.1, -0.05) is 24.6 Å². The molecule has 0 aliphatic carbocycles. The number of aromatic nitrogens is 1. The third-order valence-corrected chi connectivity index (χ3v) is 5.17. The summed E-state index contributed by atoms with van der Waals surface area (Å²) in [5, 5.41) is 5.33. The van der Waals surface area contributed by atoms with Crippen molar-refractivity contribution in [3.8, 4) is 5.88 Å². The van der Waals surface area contributed by atoms with Gasteiger partial charge in [0.25, 0.3) is 11.8 Å². The molecule has 0 saturated carbocycles. The van der Waals surface area contributed by atoms with E-state index in [9.17, 15) is 9.59 Å². The number of carbonyl (C=O) groups is 2. The van der Waals surface area contributed by atoms with Crippen LogP contribution < -0.4 is 15.4 Å². The van der Waals surface area contributed by atoms with Gasteiger partial charge in [-0.3, -0.25) is 14.5 Å². The maximum absolute atomic E-state index is 12.4. The number of likely N-dealkylation sites (tertiary alicyclic amines) is 1. The Morgan fingerprint density at radius 1 is 1.06 bits per heavy atom. The first-order valence-corrected chi connectivity index (χ1v) is 10.7. The third-order valence-electron chi connectivity index (χ3n) is 5.17. The van der Waals surface area contributed by atoms with E-state index in [1.807, 2.05) is 24.3 Å². The highest BCUT2D eigenvalue weighted by Crippen LogP contribution is 2.15. The average Bonchev–Trinajstić information content (AvgIpc) is 2.81. The topological polar surface area (TPSA) is 83.6 Å². The van der Waals surface area contributed by atoms with Gasteiger partial charge in [-0.2, -0.15) is 0 Å². The molecule has 2 N–H and O–H groups in total. The van der Waals surface area contributed by atoms with Crippen molar-refractivity contribution in [1.82, 2.24) is 20.5 Å². The second kappa shape index (κ2) is 11.9. The van der Waals surface area contributed by atoms with Crippen LogP contribution in [0.5, 0.6) is 5.88 Å². The van der Waals surface area contributed by atoms with E-state index in [0.717, 1.165) is 19.6 Å². The maximum Gasteiger partial charge on any atom is 0.252 e. The lowest BCUT2D eigenvalue weighted by atomic mass is 10.1. The number of pyridine rings is 1. The first-order chi connectivity index (χ1) is 15.2. The molecule has 2 aromatic rings. The number of nitrogens with zero attached hydrogens (tertiary/aromatic N) is 2. The zero-order valence-corrected chi connectivity index (χ0v) is 18.0. The van der Waals surface area contributed by atoms with E-state index in [1.165, 1.54) is 31.9 Å². The molecule has 0 bridgehead atoms. The summed E-state index contributed by atoms with van der Waals surface area (Å²) in [7, 11) is 1.54. The molecule has 1 aromatic carbocycles. The van der Waals surface area contributed by atoms with Crippen LogP contribution >= 0.6 is 0 Å². The second-order valence-electron chi connectivity index (χ2n) is 7.46. The fourth-order valence-electron chi connectivity index (χ4n) is 3.55. The van der Waals surface area contributed by atoms with E-state index in [2.05, 4.69) is 20.5 Å². The van der Waals surface area contributed by atoms with Gasteiger partial charge in [0.2, 0.25) is 5.88 Å². The largest absolute Gasteiger partial charge is 0.473 e. The molecular weight excluding hydrogens is 392 g/mol. The molecule has 1 aliphatic heterocycles. The summed E-state index contributed by atoms with van der Waals surface area (Å²) in [4.78, 5) is 31.0. The Hall–Kier alpha value is -3.19. The van der Waals surface area contributed by atoms with Crippen molar-refractivity contribution in [3.05, 3.63) is 71.4 Å². The summed E-state index contributed by atoms with van der Waals surface area (Å²) in [5.41, 5.74) is 1.91. The highest BCUT2D eigenvalue weighted by Gasteiger charge is 2.14. The van der Waals surface area contributed by atoms with E-state index < -0.39 is 0 Å². The Labute approximate surface area is 183 Å². The molecule has 2 heterocycles. The van der Waals surface area contributed by atoms with Crippen LogP contribution in [0.15, 0.2) is 54.7 Å². The normalized spacial score (nSPS) is 14.4. The lowest BCUT2D eigenvalue weighted by Gasteiger charge is -2.26. The van der Waals surface area contributed by atoms with Crippen molar-refractivity contribution in [2.75, 3.05) is 33.3 Å². The van der Waals surface area contributed by atoms with Crippen molar-refractivity contribution >= 4 is 11.8 Å². The highest BCUT2D eigenvalue weighted by atomic mass is 16.5. The van der Waals surface area contributed by atoms with Crippen molar-refractivity contribution < 1.29 is 14.3 Å².